The van der Waals surface area contributed by atoms with E-state index in [1.165, 1.54) is 5.69 Å². The zero-order chi connectivity index (χ0) is 15.0. The second-order valence-corrected chi connectivity index (χ2v) is 7.42. The Bertz CT molecular complexity index is 359. The van der Waals surface area contributed by atoms with E-state index in [0.717, 1.165) is 24.8 Å². The molecule has 5 nitrogen and oxygen atoms in total. The first kappa shape index (κ1) is 17.4. The molecule has 0 aliphatic heterocycles. The van der Waals surface area contributed by atoms with Gasteiger partial charge in [0, 0.05) is 44.3 Å². The first-order valence-corrected chi connectivity index (χ1v) is 9.42. The van der Waals surface area contributed by atoms with Gasteiger partial charge in [0.1, 0.15) is 5.82 Å². The summed E-state index contributed by atoms with van der Waals surface area (Å²) in [4.78, 5) is 4.32. The molecule has 0 amide bonds. The van der Waals surface area contributed by atoms with Crippen LogP contribution in [-0.4, -0.2) is 38.2 Å². The van der Waals surface area contributed by atoms with E-state index in [2.05, 4.69) is 16.5 Å². The minimum atomic E-state index is -2.50. The highest BCUT2D eigenvalue weighted by molar-refractivity contribution is 6.60. The molecule has 1 aromatic heterocycles. The fourth-order valence-electron chi connectivity index (χ4n) is 2.37. The highest BCUT2D eigenvalue weighted by atomic mass is 28.4. The molecule has 0 bridgehead atoms. The largest absolute Gasteiger partial charge is 0.500 e. The first-order chi connectivity index (χ1) is 9.58. The summed E-state index contributed by atoms with van der Waals surface area (Å²) < 4.78 is 19.8. The van der Waals surface area contributed by atoms with Gasteiger partial charge in [0.05, 0.1) is 0 Å². The Morgan fingerprint density at radius 2 is 1.60 bits per heavy atom. The fraction of sp³-hybridized carbons (Fsp3) is 0.786. The molecular formula is C14H28N2O3Si. The predicted octanol–water partition coefficient (Wildman–Crippen LogP) is 2.94. The van der Waals surface area contributed by atoms with Crippen molar-refractivity contribution >= 4 is 8.80 Å². The van der Waals surface area contributed by atoms with Crippen LogP contribution in [0.2, 0.25) is 6.04 Å². The maximum atomic E-state index is 5.86. The van der Waals surface area contributed by atoms with Crippen LogP contribution in [0.1, 0.15) is 38.7 Å². The number of aromatic nitrogens is 2. The third-order valence-electron chi connectivity index (χ3n) is 3.21. The second-order valence-electron chi connectivity index (χ2n) is 4.68. The van der Waals surface area contributed by atoms with Gasteiger partial charge in [0.25, 0.3) is 0 Å². The third kappa shape index (κ3) is 4.70. The van der Waals surface area contributed by atoms with Crippen LogP contribution < -0.4 is 0 Å². The van der Waals surface area contributed by atoms with Gasteiger partial charge in [-0.2, -0.15) is 0 Å². The summed E-state index contributed by atoms with van der Waals surface area (Å²) in [7, 11) is -2.50. The SMILES string of the molecule is CCO[Si](CCCn1c(C)cnc1C)(OCC)OCC. The Kier molecular flexibility index (Phi) is 7.43. The van der Waals surface area contributed by atoms with Gasteiger partial charge < -0.3 is 17.8 Å². The summed E-state index contributed by atoms with van der Waals surface area (Å²) in [5, 5.41) is 0. The van der Waals surface area contributed by atoms with Gasteiger partial charge in [0.2, 0.25) is 0 Å². The van der Waals surface area contributed by atoms with Crippen LogP contribution in [0.15, 0.2) is 6.20 Å². The minimum absolute atomic E-state index is 0.634. The number of nitrogens with zero attached hydrogens (tertiary/aromatic N) is 2. The van der Waals surface area contributed by atoms with Crippen LogP contribution in [0.5, 0.6) is 0 Å². The monoisotopic (exact) mass is 300 g/mol. The number of aryl methyl sites for hydroxylation is 2. The van der Waals surface area contributed by atoms with E-state index in [0.29, 0.717) is 19.8 Å². The lowest BCUT2D eigenvalue weighted by Crippen LogP contribution is -2.46. The van der Waals surface area contributed by atoms with Gasteiger partial charge in [0.15, 0.2) is 0 Å². The van der Waals surface area contributed by atoms with Crippen LogP contribution in [0.25, 0.3) is 0 Å². The van der Waals surface area contributed by atoms with Crippen LogP contribution in [0.3, 0.4) is 0 Å². The number of hydrogen-bond donors (Lipinski definition) is 0. The molecular weight excluding hydrogens is 272 g/mol. The van der Waals surface area contributed by atoms with Crippen molar-refractivity contribution in [1.82, 2.24) is 9.55 Å². The molecule has 0 saturated heterocycles. The molecule has 20 heavy (non-hydrogen) atoms. The van der Waals surface area contributed by atoms with Gasteiger partial charge in [-0.15, -0.1) is 0 Å². The third-order valence-corrected chi connectivity index (χ3v) is 6.36. The Hall–Kier alpha value is -0.693. The highest BCUT2D eigenvalue weighted by Gasteiger charge is 2.39. The van der Waals surface area contributed by atoms with Crippen molar-refractivity contribution < 1.29 is 13.3 Å². The van der Waals surface area contributed by atoms with Crippen LogP contribution in [0, 0.1) is 13.8 Å². The van der Waals surface area contributed by atoms with Crippen molar-refractivity contribution in [3.8, 4) is 0 Å². The van der Waals surface area contributed by atoms with Crippen molar-refractivity contribution in [2.45, 2.75) is 53.6 Å². The van der Waals surface area contributed by atoms with Crippen LogP contribution in [0.4, 0.5) is 0 Å². The van der Waals surface area contributed by atoms with Gasteiger partial charge >= 0.3 is 8.80 Å². The Morgan fingerprint density at radius 1 is 1.05 bits per heavy atom. The second kappa shape index (κ2) is 8.56. The van der Waals surface area contributed by atoms with Gasteiger partial charge in [-0.25, -0.2) is 4.98 Å². The number of imidazole rings is 1. The molecule has 0 N–H and O–H groups in total. The summed E-state index contributed by atoms with van der Waals surface area (Å²) in [6.07, 6.45) is 2.89. The smallest absolute Gasteiger partial charge is 0.374 e. The van der Waals surface area contributed by atoms with Gasteiger partial charge in [-0.05, 0) is 41.0 Å². The molecule has 0 spiro atoms. The van der Waals surface area contributed by atoms with E-state index in [9.17, 15) is 0 Å². The maximum absolute atomic E-state index is 5.86. The molecule has 0 radical (unpaired) electrons. The predicted molar refractivity (Wildman–Crippen MR) is 81.8 cm³/mol. The number of rotatable bonds is 10. The number of hydrogen-bond acceptors (Lipinski definition) is 4. The van der Waals surface area contributed by atoms with Crippen molar-refractivity contribution in [2.75, 3.05) is 19.8 Å². The summed E-state index contributed by atoms with van der Waals surface area (Å²) >= 11 is 0. The molecule has 116 valence electrons. The Balaban J connectivity index is 2.61. The van der Waals surface area contributed by atoms with E-state index >= 15 is 0 Å². The molecule has 1 aromatic rings. The average Bonchev–Trinajstić information content (AvgIpc) is 2.71. The zero-order valence-electron chi connectivity index (χ0n) is 13.4. The normalized spacial score (nSPS) is 12.1. The van der Waals surface area contributed by atoms with E-state index in [-0.39, 0.29) is 0 Å². The van der Waals surface area contributed by atoms with E-state index < -0.39 is 8.80 Å². The van der Waals surface area contributed by atoms with Crippen molar-refractivity contribution in [2.24, 2.45) is 0 Å². The molecule has 0 fully saturated rings. The standard InChI is InChI=1S/C14H28N2O3Si/c1-6-17-20(18-7-2,19-8-3)11-9-10-16-13(4)12-15-14(16)5/h12H,6-11H2,1-5H3. The minimum Gasteiger partial charge on any atom is -0.374 e. The lowest BCUT2D eigenvalue weighted by molar-refractivity contribution is 0.0705. The maximum Gasteiger partial charge on any atom is 0.500 e. The molecule has 0 unspecified atom stereocenters. The Labute approximate surface area is 123 Å². The van der Waals surface area contributed by atoms with Crippen molar-refractivity contribution in [3.63, 3.8) is 0 Å². The van der Waals surface area contributed by atoms with E-state index in [4.69, 9.17) is 13.3 Å². The lowest BCUT2D eigenvalue weighted by Gasteiger charge is -2.28. The molecule has 0 atom stereocenters. The van der Waals surface area contributed by atoms with Gasteiger partial charge in [-0.3, -0.25) is 0 Å². The molecule has 1 heterocycles. The summed E-state index contributed by atoms with van der Waals surface area (Å²) in [6, 6.07) is 0.847. The van der Waals surface area contributed by atoms with E-state index in [1.807, 2.05) is 33.9 Å². The van der Waals surface area contributed by atoms with Gasteiger partial charge in [-0.1, -0.05) is 0 Å². The molecule has 0 aromatic carbocycles. The fourth-order valence-corrected chi connectivity index (χ4v) is 4.97. The van der Waals surface area contributed by atoms with E-state index in [1.54, 1.807) is 0 Å². The average molecular weight is 300 g/mol. The van der Waals surface area contributed by atoms with Crippen LogP contribution >= 0.6 is 0 Å². The first-order valence-electron chi connectivity index (χ1n) is 7.49. The van der Waals surface area contributed by atoms with Crippen molar-refractivity contribution in [1.29, 1.82) is 0 Å². The van der Waals surface area contributed by atoms with Crippen molar-refractivity contribution in [3.05, 3.63) is 17.7 Å². The molecule has 6 heteroatoms. The Morgan fingerprint density at radius 3 is 2.00 bits per heavy atom. The molecule has 1 rings (SSSR count). The molecule has 0 aliphatic carbocycles. The highest BCUT2D eigenvalue weighted by Crippen LogP contribution is 2.19. The quantitative estimate of drug-likeness (QED) is 0.623. The lowest BCUT2D eigenvalue weighted by atomic mass is 10.4. The topological polar surface area (TPSA) is 45.5 Å². The zero-order valence-corrected chi connectivity index (χ0v) is 14.4. The summed E-state index contributed by atoms with van der Waals surface area (Å²) in [5.74, 6) is 1.05. The summed E-state index contributed by atoms with van der Waals surface area (Å²) in [5.41, 5.74) is 1.19. The molecule has 0 saturated carbocycles. The summed E-state index contributed by atoms with van der Waals surface area (Å²) in [6.45, 7) is 12.9. The van der Waals surface area contributed by atoms with Crippen LogP contribution in [-0.2, 0) is 19.8 Å². The molecule has 0 aliphatic rings.